The minimum absolute atomic E-state index is 0.215. The Bertz CT molecular complexity index is 287. The number of hydrogen-bond acceptors (Lipinski definition) is 3. The Labute approximate surface area is 94.9 Å². The van der Waals surface area contributed by atoms with E-state index < -0.39 is 11.6 Å². The number of fused-ring (bicyclic) bond motifs is 1. The molecule has 1 heterocycles. The van der Waals surface area contributed by atoms with E-state index in [1.807, 2.05) is 12.2 Å². The second kappa shape index (κ2) is 4.55. The van der Waals surface area contributed by atoms with Crippen LogP contribution in [0, 0.1) is 0 Å². The Morgan fingerprint density at radius 3 is 2.69 bits per heavy atom. The molecule has 2 N–H and O–H groups in total. The van der Waals surface area contributed by atoms with Crippen LogP contribution in [-0.2, 0) is 9.53 Å². The van der Waals surface area contributed by atoms with Crippen molar-refractivity contribution in [2.45, 2.75) is 56.3 Å². The van der Waals surface area contributed by atoms with Gasteiger partial charge in [-0.3, -0.25) is 4.79 Å². The summed E-state index contributed by atoms with van der Waals surface area (Å²) >= 11 is 0. The summed E-state index contributed by atoms with van der Waals surface area (Å²) in [6, 6.07) is 0. The van der Waals surface area contributed by atoms with Crippen molar-refractivity contribution in [1.82, 2.24) is 0 Å². The minimum Gasteiger partial charge on any atom is -0.481 e. The fourth-order valence-corrected chi connectivity index (χ4v) is 2.33. The van der Waals surface area contributed by atoms with Crippen molar-refractivity contribution in [3.8, 4) is 0 Å². The van der Waals surface area contributed by atoms with Gasteiger partial charge in [0.25, 0.3) is 0 Å². The summed E-state index contributed by atoms with van der Waals surface area (Å²) in [6.45, 7) is 0. The van der Waals surface area contributed by atoms with Crippen molar-refractivity contribution >= 4 is 5.97 Å². The Morgan fingerprint density at radius 1 is 1.38 bits per heavy atom. The average molecular weight is 226 g/mol. The number of carboxylic acids is 1. The molecule has 2 aliphatic rings. The standard InChI is InChI=1S/C12H18O4/c13-11(14)5-3-1-2-4-6-12(15)7-9-10(8-12)16-9/h2,4,9-10,15H,1,3,5-8H2,(H,13,14). The number of aliphatic hydroxyl groups is 1. The lowest BCUT2D eigenvalue weighted by Crippen LogP contribution is -2.26. The maximum atomic E-state index is 10.3. The van der Waals surface area contributed by atoms with Gasteiger partial charge in [-0.2, -0.15) is 0 Å². The quantitative estimate of drug-likeness (QED) is 0.409. The summed E-state index contributed by atoms with van der Waals surface area (Å²) in [5, 5.41) is 18.6. The Morgan fingerprint density at radius 2 is 2.06 bits per heavy atom. The molecule has 1 saturated heterocycles. The topological polar surface area (TPSA) is 70.1 Å². The first-order chi connectivity index (χ1) is 7.59. The molecule has 0 amide bonds. The SMILES string of the molecule is O=C(O)CCCC=CCC1(O)CC2OC2C1. The van der Waals surface area contributed by atoms with Crippen LogP contribution in [-0.4, -0.2) is 34.0 Å². The van der Waals surface area contributed by atoms with Gasteiger partial charge in [0, 0.05) is 19.3 Å². The number of epoxide rings is 1. The molecule has 1 aliphatic heterocycles. The maximum absolute atomic E-state index is 10.3. The molecule has 4 heteroatoms. The van der Waals surface area contributed by atoms with Crippen molar-refractivity contribution in [2.24, 2.45) is 0 Å². The monoisotopic (exact) mass is 226 g/mol. The van der Waals surface area contributed by atoms with Crippen molar-refractivity contribution < 1.29 is 19.7 Å². The second-order valence-corrected chi connectivity index (χ2v) is 4.81. The number of rotatable bonds is 6. The first kappa shape index (κ1) is 11.6. The molecule has 16 heavy (non-hydrogen) atoms. The van der Waals surface area contributed by atoms with E-state index in [0.717, 1.165) is 19.3 Å². The van der Waals surface area contributed by atoms with Crippen LogP contribution in [0.3, 0.4) is 0 Å². The minimum atomic E-state index is -0.750. The molecule has 2 atom stereocenters. The van der Waals surface area contributed by atoms with E-state index in [1.54, 1.807) is 0 Å². The maximum Gasteiger partial charge on any atom is 0.303 e. The van der Waals surface area contributed by atoms with Gasteiger partial charge in [-0.05, 0) is 19.3 Å². The van der Waals surface area contributed by atoms with E-state index in [-0.39, 0.29) is 6.42 Å². The molecule has 0 bridgehead atoms. The van der Waals surface area contributed by atoms with Gasteiger partial charge >= 0.3 is 5.97 Å². The number of unbranched alkanes of at least 4 members (excludes halogenated alkanes) is 1. The average Bonchev–Trinajstić information content (AvgIpc) is 2.81. The van der Waals surface area contributed by atoms with Crippen molar-refractivity contribution in [1.29, 1.82) is 0 Å². The zero-order chi connectivity index (χ0) is 11.6. The first-order valence-corrected chi connectivity index (χ1v) is 5.84. The molecule has 0 aromatic heterocycles. The normalized spacial score (nSPS) is 36.6. The molecule has 2 rings (SSSR count). The van der Waals surface area contributed by atoms with E-state index in [2.05, 4.69) is 0 Å². The highest BCUT2D eigenvalue weighted by Gasteiger charge is 2.54. The third-order valence-electron chi connectivity index (χ3n) is 3.28. The van der Waals surface area contributed by atoms with Crippen molar-refractivity contribution in [3.05, 3.63) is 12.2 Å². The summed E-state index contributed by atoms with van der Waals surface area (Å²) in [4.78, 5) is 10.3. The number of hydrogen-bond donors (Lipinski definition) is 2. The van der Waals surface area contributed by atoms with Crippen molar-refractivity contribution in [2.75, 3.05) is 0 Å². The van der Waals surface area contributed by atoms with E-state index in [0.29, 0.717) is 25.0 Å². The zero-order valence-corrected chi connectivity index (χ0v) is 9.26. The number of carbonyl (C=O) groups is 1. The van der Waals surface area contributed by atoms with Crippen LogP contribution in [0.5, 0.6) is 0 Å². The fraction of sp³-hybridized carbons (Fsp3) is 0.750. The molecule has 2 unspecified atom stereocenters. The summed E-state index contributed by atoms with van der Waals surface area (Å²) in [7, 11) is 0. The van der Waals surface area contributed by atoms with Crippen molar-refractivity contribution in [3.63, 3.8) is 0 Å². The molecule has 1 aliphatic carbocycles. The molecule has 4 nitrogen and oxygen atoms in total. The van der Waals surface area contributed by atoms with Crippen LogP contribution in [0.1, 0.15) is 38.5 Å². The van der Waals surface area contributed by atoms with Gasteiger partial charge < -0.3 is 14.9 Å². The van der Waals surface area contributed by atoms with Crippen LogP contribution in [0.4, 0.5) is 0 Å². The van der Waals surface area contributed by atoms with Crippen LogP contribution >= 0.6 is 0 Å². The lowest BCUT2D eigenvalue weighted by atomic mass is 9.96. The number of carboxylic acid groups (broad SMARTS) is 1. The molecule has 90 valence electrons. The molecule has 0 aromatic rings. The number of aliphatic carboxylic acids is 1. The number of ether oxygens (including phenoxy) is 1. The highest BCUT2D eigenvalue weighted by Crippen LogP contribution is 2.46. The van der Waals surface area contributed by atoms with Crippen LogP contribution < -0.4 is 0 Å². The van der Waals surface area contributed by atoms with Crippen LogP contribution in [0.15, 0.2) is 12.2 Å². The van der Waals surface area contributed by atoms with E-state index in [1.165, 1.54) is 0 Å². The Kier molecular flexibility index (Phi) is 3.30. The van der Waals surface area contributed by atoms with Gasteiger partial charge in [-0.15, -0.1) is 0 Å². The summed E-state index contributed by atoms with van der Waals surface area (Å²) in [5.41, 5.74) is -0.573. The predicted molar refractivity (Wildman–Crippen MR) is 58.1 cm³/mol. The van der Waals surface area contributed by atoms with E-state index in [4.69, 9.17) is 9.84 Å². The van der Waals surface area contributed by atoms with Gasteiger partial charge in [0.2, 0.25) is 0 Å². The Hall–Kier alpha value is -0.870. The van der Waals surface area contributed by atoms with Gasteiger partial charge in [0.1, 0.15) is 0 Å². The lowest BCUT2D eigenvalue weighted by molar-refractivity contribution is -0.137. The van der Waals surface area contributed by atoms with Crippen LogP contribution in [0.2, 0.25) is 0 Å². The third kappa shape index (κ3) is 3.06. The van der Waals surface area contributed by atoms with Gasteiger partial charge in [-0.1, -0.05) is 12.2 Å². The molecular formula is C12H18O4. The highest BCUT2D eigenvalue weighted by atomic mass is 16.6. The molecular weight excluding hydrogens is 208 g/mol. The first-order valence-electron chi connectivity index (χ1n) is 5.84. The molecule has 0 aromatic carbocycles. The predicted octanol–water partition coefficient (Wildman–Crippen LogP) is 1.48. The highest BCUT2D eigenvalue weighted by molar-refractivity contribution is 5.66. The summed E-state index contributed by atoms with van der Waals surface area (Å²) in [5.74, 6) is -0.750. The molecule has 1 saturated carbocycles. The third-order valence-corrected chi connectivity index (χ3v) is 3.28. The van der Waals surface area contributed by atoms with Gasteiger partial charge in [0.15, 0.2) is 0 Å². The molecule has 0 spiro atoms. The van der Waals surface area contributed by atoms with E-state index in [9.17, 15) is 9.90 Å². The lowest BCUT2D eigenvalue weighted by Gasteiger charge is -2.21. The van der Waals surface area contributed by atoms with Gasteiger partial charge in [-0.25, -0.2) is 0 Å². The molecule has 0 radical (unpaired) electrons. The Balaban J connectivity index is 1.60. The second-order valence-electron chi connectivity index (χ2n) is 4.81. The summed E-state index contributed by atoms with van der Waals surface area (Å²) in [6.07, 6.45) is 8.33. The fourth-order valence-electron chi connectivity index (χ4n) is 2.33. The number of allylic oxidation sites excluding steroid dienone is 1. The smallest absolute Gasteiger partial charge is 0.303 e. The van der Waals surface area contributed by atoms with Crippen LogP contribution in [0.25, 0.3) is 0 Å². The largest absolute Gasteiger partial charge is 0.481 e. The zero-order valence-electron chi connectivity index (χ0n) is 9.26. The summed E-state index contributed by atoms with van der Waals surface area (Å²) < 4.78 is 5.27. The van der Waals surface area contributed by atoms with E-state index >= 15 is 0 Å². The van der Waals surface area contributed by atoms with Gasteiger partial charge in [0.05, 0.1) is 17.8 Å². The molecule has 2 fully saturated rings.